The Kier molecular flexibility index (Phi) is 9.53. The van der Waals surface area contributed by atoms with Gasteiger partial charge in [-0.1, -0.05) is 0 Å². The standard InChI is InChI=1S/C18H26F3N7O2.HI/c1-22-17(25-7-6-24-16-23-5-4-14(26-16)18(19,20)21)28-10-8-27(9-11-28)15(29)13-3-2-12-30-13;/h4-5,13H,2-3,6-12H2,1H3,(H,22,25)(H,23,24,26);1H. The zero-order valence-electron chi connectivity index (χ0n) is 17.2. The number of ether oxygens (including phenoxy) is 1. The third-order valence-corrected chi connectivity index (χ3v) is 4.95. The van der Waals surface area contributed by atoms with E-state index >= 15 is 0 Å². The maximum absolute atomic E-state index is 12.7. The lowest BCUT2D eigenvalue weighted by atomic mass is 10.2. The van der Waals surface area contributed by atoms with E-state index in [4.69, 9.17) is 4.74 Å². The van der Waals surface area contributed by atoms with Crippen LogP contribution in [0.25, 0.3) is 0 Å². The summed E-state index contributed by atoms with van der Waals surface area (Å²) in [5.41, 5.74) is -0.987. The summed E-state index contributed by atoms with van der Waals surface area (Å²) in [5, 5.41) is 5.93. The van der Waals surface area contributed by atoms with Crippen LogP contribution in [0.1, 0.15) is 18.5 Å². The molecule has 2 aliphatic heterocycles. The van der Waals surface area contributed by atoms with Gasteiger partial charge in [0.15, 0.2) is 5.96 Å². The van der Waals surface area contributed by atoms with Crippen molar-refractivity contribution in [3.8, 4) is 0 Å². The Morgan fingerprint density at radius 2 is 1.97 bits per heavy atom. The minimum absolute atomic E-state index is 0. The number of nitrogens with one attached hydrogen (secondary N) is 2. The molecule has 0 saturated carbocycles. The van der Waals surface area contributed by atoms with Gasteiger partial charge in [0.25, 0.3) is 5.91 Å². The second-order valence-electron chi connectivity index (χ2n) is 6.98. The molecular formula is C18H27F3IN7O2. The minimum atomic E-state index is -4.51. The molecule has 0 aromatic carbocycles. The highest BCUT2D eigenvalue weighted by molar-refractivity contribution is 14.0. The molecular weight excluding hydrogens is 530 g/mol. The quantitative estimate of drug-likeness (QED) is 0.245. The number of aliphatic imine (C=N–C) groups is 1. The van der Waals surface area contributed by atoms with Gasteiger partial charge in [0.2, 0.25) is 5.95 Å². The molecule has 13 heteroatoms. The lowest BCUT2D eigenvalue weighted by molar-refractivity contribution is -0.142. The van der Waals surface area contributed by atoms with E-state index in [1.54, 1.807) is 7.05 Å². The van der Waals surface area contributed by atoms with E-state index < -0.39 is 11.9 Å². The molecule has 31 heavy (non-hydrogen) atoms. The van der Waals surface area contributed by atoms with Crippen molar-refractivity contribution in [3.05, 3.63) is 18.0 Å². The minimum Gasteiger partial charge on any atom is -0.368 e. The number of nitrogens with zero attached hydrogens (tertiary/aromatic N) is 5. The normalized spacial score (nSPS) is 19.7. The van der Waals surface area contributed by atoms with Crippen LogP contribution in [-0.4, -0.2) is 90.7 Å². The molecule has 3 rings (SSSR count). The van der Waals surface area contributed by atoms with Crippen molar-refractivity contribution >= 4 is 41.8 Å². The molecule has 3 heterocycles. The van der Waals surface area contributed by atoms with Crippen LogP contribution < -0.4 is 10.6 Å². The highest BCUT2D eigenvalue weighted by Crippen LogP contribution is 2.27. The number of piperazine rings is 1. The molecule has 2 N–H and O–H groups in total. The molecule has 1 unspecified atom stereocenters. The van der Waals surface area contributed by atoms with Gasteiger partial charge < -0.3 is 25.2 Å². The van der Waals surface area contributed by atoms with E-state index in [0.29, 0.717) is 51.8 Å². The van der Waals surface area contributed by atoms with Gasteiger partial charge in [0, 0.05) is 59.1 Å². The third-order valence-electron chi connectivity index (χ3n) is 4.95. The summed E-state index contributed by atoms with van der Waals surface area (Å²) in [5.74, 6) is 0.647. The number of halogens is 4. The summed E-state index contributed by atoms with van der Waals surface area (Å²) in [4.78, 5) is 27.8. The summed E-state index contributed by atoms with van der Waals surface area (Å²) >= 11 is 0. The molecule has 2 fully saturated rings. The van der Waals surface area contributed by atoms with Gasteiger partial charge >= 0.3 is 6.18 Å². The van der Waals surface area contributed by atoms with Crippen molar-refractivity contribution in [1.29, 1.82) is 0 Å². The van der Waals surface area contributed by atoms with E-state index in [1.165, 1.54) is 0 Å². The molecule has 1 aromatic heterocycles. The molecule has 1 aromatic rings. The SMILES string of the molecule is CN=C(NCCNc1nccc(C(F)(F)F)n1)N1CCN(C(=O)C2CCCO2)CC1.I. The number of hydrogen-bond acceptors (Lipinski definition) is 6. The molecule has 1 amide bonds. The molecule has 1 atom stereocenters. The molecule has 2 aliphatic rings. The second kappa shape index (κ2) is 11.6. The topological polar surface area (TPSA) is 95.0 Å². The number of aromatic nitrogens is 2. The Morgan fingerprint density at radius 1 is 1.26 bits per heavy atom. The molecule has 9 nitrogen and oxygen atoms in total. The van der Waals surface area contributed by atoms with Gasteiger partial charge in [-0.2, -0.15) is 13.2 Å². The van der Waals surface area contributed by atoms with Crippen molar-refractivity contribution in [2.24, 2.45) is 4.99 Å². The van der Waals surface area contributed by atoms with E-state index in [0.717, 1.165) is 25.1 Å². The highest BCUT2D eigenvalue weighted by atomic mass is 127. The first-order valence-corrected chi connectivity index (χ1v) is 9.88. The number of alkyl halides is 3. The van der Waals surface area contributed by atoms with Crippen molar-refractivity contribution in [3.63, 3.8) is 0 Å². The van der Waals surface area contributed by atoms with Crippen LogP contribution in [0.3, 0.4) is 0 Å². The summed E-state index contributed by atoms with van der Waals surface area (Å²) in [6, 6.07) is 0.828. The van der Waals surface area contributed by atoms with Gasteiger partial charge in [-0.25, -0.2) is 9.97 Å². The van der Waals surface area contributed by atoms with E-state index in [2.05, 4.69) is 25.6 Å². The molecule has 0 aliphatic carbocycles. The van der Waals surface area contributed by atoms with Crippen LogP contribution in [-0.2, 0) is 15.7 Å². The van der Waals surface area contributed by atoms with Gasteiger partial charge in [0.05, 0.1) is 0 Å². The van der Waals surface area contributed by atoms with Crippen LogP contribution in [0, 0.1) is 0 Å². The van der Waals surface area contributed by atoms with Crippen molar-refractivity contribution in [2.45, 2.75) is 25.1 Å². The molecule has 0 radical (unpaired) electrons. The van der Waals surface area contributed by atoms with Crippen LogP contribution in [0.5, 0.6) is 0 Å². The smallest absolute Gasteiger partial charge is 0.368 e. The lowest BCUT2D eigenvalue weighted by Crippen LogP contribution is -2.55. The van der Waals surface area contributed by atoms with Gasteiger partial charge in [-0.15, -0.1) is 24.0 Å². The maximum atomic E-state index is 12.7. The Morgan fingerprint density at radius 3 is 2.58 bits per heavy atom. The maximum Gasteiger partial charge on any atom is 0.433 e. The van der Waals surface area contributed by atoms with Gasteiger partial charge in [0.1, 0.15) is 11.8 Å². The Balaban J connectivity index is 0.00000341. The Bertz CT molecular complexity index is 752. The van der Waals surface area contributed by atoms with E-state index in [9.17, 15) is 18.0 Å². The van der Waals surface area contributed by atoms with Gasteiger partial charge in [-0.05, 0) is 18.9 Å². The number of carbonyl (C=O) groups excluding carboxylic acids is 1. The first-order chi connectivity index (χ1) is 14.4. The number of amides is 1. The van der Waals surface area contributed by atoms with Crippen LogP contribution >= 0.6 is 24.0 Å². The number of hydrogen-bond donors (Lipinski definition) is 2. The number of carbonyl (C=O) groups is 1. The third kappa shape index (κ3) is 7.05. The lowest BCUT2D eigenvalue weighted by Gasteiger charge is -2.37. The zero-order valence-corrected chi connectivity index (χ0v) is 19.5. The predicted octanol–water partition coefficient (Wildman–Crippen LogP) is 1.42. The fourth-order valence-corrected chi connectivity index (χ4v) is 3.40. The fourth-order valence-electron chi connectivity index (χ4n) is 3.40. The van der Waals surface area contributed by atoms with Crippen LogP contribution in [0.2, 0.25) is 0 Å². The Labute approximate surface area is 195 Å². The summed E-state index contributed by atoms with van der Waals surface area (Å²) in [6.07, 6.45) is -2.04. The first-order valence-electron chi connectivity index (χ1n) is 9.88. The monoisotopic (exact) mass is 557 g/mol. The summed E-state index contributed by atoms with van der Waals surface area (Å²) < 4.78 is 43.6. The number of anilines is 1. The number of guanidine groups is 1. The average molecular weight is 557 g/mol. The second-order valence-corrected chi connectivity index (χ2v) is 6.98. The van der Waals surface area contributed by atoms with Crippen molar-refractivity contribution < 1.29 is 22.7 Å². The number of rotatable bonds is 5. The fraction of sp³-hybridized carbons (Fsp3) is 0.667. The largest absolute Gasteiger partial charge is 0.433 e. The van der Waals surface area contributed by atoms with E-state index in [1.807, 2.05) is 9.80 Å². The Hall–Kier alpha value is -1.90. The van der Waals surface area contributed by atoms with Crippen LogP contribution in [0.15, 0.2) is 17.3 Å². The zero-order chi connectivity index (χ0) is 21.6. The predicted molar refractivity (Wildman–Crippen MR) is 119 cm³/mol. The average Bonchev–Trinajstić information content (AvgIpc) is 3.28. The summed E-state index contributed by atoms with van der Waals surface area (Å²) in [6.45, 7) is 3.85. The summed E-state index contributed by atoms with van der Waals surface area (Å²) in [7, 11) is 1.66. The molecule has 2 saturated heterocycles. The van der Waals surface area contributed by atoms with Gasteiger partial charge in [-0.3, -0.25) is 9.79 Å². The molecule has 0 bridgehead atoms. The van der Waals surface area contributed by atoms with Crippen molar-refractivity contribution in [1.82, 2.24) is 25.1 Å². The van der Waals surface area contributed by atoms with Crippen molar-refractivity contribution in [2.75, 3.05) is 58.2 Å². The highest BCUT2D eigenvalue weighted by Gasteiger charge is 2.33. The first kappa shape index (κ1) is 25.4. The van der Waals surface area contributed by atoms with Crippen LogP contribution in [0.4, 0.5) is 19.1 Å². The van der Waals surface area contributed by atoms with E-state index in [-0.39, 0.29) is 41.9 Å². The molecule has 0 spiro atoms. The molecule has 174 valence electrons.